The van der Waals surface area contributed by atoms with Gasteiger partial charge in [0.2, 0.25) is 0 Å². The lowest BCUT2D eigenvalue weighted by atomic mass is 10.1. The van der Waals surface area contributed by atoms with Crippen LogP contribution in [0.1, 0.15) is 32.3 Å². The molecule has 0 heterocycles. The van der Waals surface area contributed by atoms with Gasteiger partial charge in [0, 0.05) is 19.6 Å². The summed E-state index contributed by atoms with van der Waals surface area (Å²) in [5.74, 6) is -0.210. The third-order valence-corrected chi connectivity index (χ3v) is 2.99. The van der Waals surface area contributed by atoms with E-state index in [1.165, 1.54) is 6.07 Å². The Balaban J connectivity index is 2.93. The highest BCUT2D eigenvalue weighted by Gasteiger charge is 2.14. The zero-order chi connectivity index (χ0) is 14.1. The molecule has 3 nitrogen and oxygen atoms in total. The van der Waals surface area contributed by atoms with E-state index in [9.17, 15) is 4.39 Å². The lowest BCUT2D eigenvalue weighted by molar-refractivity contribution is 0.301. The van der Waals surface area contributed by atoms with E-state index in [0.717, 1.165) is 31.5 Å². The predicted molar refractivity (Wildman–Crippen MR) is 78.0 cm³/mol. The van der Waals surface area contributed by atoms with Crippen molar-refractivity contribution in [3.8, 4) is 0 Å². The summed E-state index contributed by atoms with van der Waals surface area (Å²) in [6, 6.07) is 5.17. The highest BCUT2D eigenvalue weighted by Crippen LogP contribution is 2.24. The molecule has 0 fully saturated rings. The molecule has 0 amide bonds. The zero-order valence-corrected chi connectivity index (χ0v) is 12.0. The Morgan fingerprint density at radius 1 is 1.21 bits per heavy atom. The van der Waals surface area contributed by atoms with Crippen molar-refractivity contribution in [3.63, 3.8) is 0 Å². The first-order chi connectivity index (χ1) is 9.24. The van der Waals surface area contributed by atoms with Crippen LogP contribution in [-0.4, -0.2) is 31.3 Å². The Labute approximate surface area is 115 Å². The van der Waals surface area contributed by atoms with Crippen LogP contribution in [0.25, 0.3) is 0 Å². The number of rotatable bonds is 9. The number of aliphatic hydroxyl groups is 1. The number of para-hydroxylation sites is 1. The topological polar surface area (TPSA) is 35.5 Å². The maximum Gasteiger partial charge on any atom is 0.146 e. The van der Waals surface area contributed by atoms with E-state index in [4.69, 9.17) is 5.11 Å². The summed E-state index contributed by atoms with van der Waals surface area (Å²) in [5.41, 5.74) is 1.58. The lowest BCUT2D eigenvalue weighted by Crippen LogP contribution is -2.30. The molecule has 19 heavy (non-hydrogen) atoms. The van der Waals surface area contributed by atoms with Crippen molar-refractivity contribution in [3.05, 3.63) is 29.6 Å². The number of anilines is 1. The molecule has 0 spiro atoms. The number of hydrogen-bond donors (Lipinski definition) is 2. The minimum atomic E-state index is -0.210. The monoisotopic (exact) mass is 268 g/mol. The van der Waals surface area contributed by atoms with Gasteiger partial charge < -0.3 is 15.3 Å². The van der Waals surface area contributed by atoms with Crippen LogP contribution in [0.4, 0.5) is 10.1 Å². The molecule has 1 aromatic rings. The molecule has 0 aliphatic carbocycles. The molecule has 0 saturated carbocycles. The maximum absolute atomic E-state index is 14.1. The van der Waals surface area contributed by atoms with Crippen molar-refractivity contribution < 1.29 is 9.50 Å². The Bertz CT molecular complexity index is 365. The second-order valence-corrected chi connectivity index (χ2v) is 4.63. The van der Waals surface area contributed by atoms with Gasteiger partial charge in [-0.3, -0.25) is 0 Å². The van der Waals surface area contributed by atoms with E-state index >= 15 is 0 Å². The van der Waals surface area contributed by atoms with E-state index < -0.39 is 0 Å². The zero-order valence-electron chi connectivity index (χ0n) is 12.0. The van der Waals surface area contributed by atoms with Crippen LogP contribution in [0.15, 0.2) is 18.2 Å². The number of benzene rings is 1. The largest absolute Gasteiger partial charge is 0.395 e. The summed E-state index contributed by atoms with van der Waals surface area (Å²) in [6.45, 7) is 7.00. The number of nitrogens with one attached hydrogen (secondary N) is 1. The van der Waals surface area contributed by atoms with Gasteiger partial charge in [-0.25, -0.2) is 4.39 Å². The van der Waals surface area contributed by atoms with Crippen molar-refractivity contribution >= 4 is 5.69 Å². The van der Waals surface area contributed by atoms with Gasteiger partial charge in [0.05, 0.1) is 12.3 Å². The maximum atomic E-state index is 14.1. The molecule has 0 aliphatic heterocycles. The van der Waals surface area contributed by atoms with Crippen molar-refractivity contribution in [2.24, 2.45) is 0 Å². The minimum absolute atomic E-state index is 0.0379. The third-order valence-electron chi connectivity index (χ3n) is 2.99. The Morgan fingerprint density at radius 3 is 2.63 bits per heavy atom. The number of halogens is 1. The van der Waals surface area contributed by atoms with Crippen molar-refractivity contribution in [1.29, 1.82) is 0 Å². The molecular weight excluding hydrogens is 243 g/mol. The molecule has 4 heteroatoms. The van der Waals surface area contributed by atoms with Gasteiger partial charge >= 0.3 is 0 Å². The average Bonchev–Trinajstić information content (AvgIpc) is 2.39. The van der Waals surface area contributed by atoms with E-state index in [0.29, 0.717) is 18.8 Å². The molecule has 0 saturated heterocycles. The van der Waals surface area contributed by atoms with E-state index in [-0.39, 0.29) is 12.4 Å². The SMILES string of the molecule is CCCNCc1cccc(F)c1N(CCC)CCO. The summed E-state index contributed by atoms with van der Waals surface area (Å²) in [7, 11) is 0. The van der Waals surface area contributed by atoms with Gasteiger partial charge in [-0.1, -0.05) is 26.0 Å². The van der Waals surface area contributed by atoms with Gasteiger partial charge in [0.25, 0.3) is 0 Å². The molecule has 0 aliphatic rings. The smallest absolute Gasteiger partial charge is 0.146 e. The highest BCUT2D eigenvalue weighted by molar-refractivity contribution is 5.55. The van der Waals surface area contributed by atoms with Crippen molar-refractivity contribution in [2.45, 2.75) is 33.2 Å². The minimum Gasteiger partial charge on any atom is -0.395 e. The molecular formula is C15H25FN2O. The third kappa shape index (κ3) is 4.80. The Kier molecular flexibility index (Phi) is 7.45. The first-order valence-corrected chi connectivity index (χ1v) is 7.08. The number of aliphatic hydroxyl groups excluding tert-OH is 1. The summed E-state index contributed by atoms with van der Waals surface area (Å²) in [5, 5.41) is 12.4. The molecule has 0 unspecified atom stereocenters. The van der Waals surface area contributed by atoms with Crippen LogP contribution in [0.3, 0.4) is 0 Å². The summed E-state index contributed by atoms with van der Waals surface area (Å²) >= 11 is 0. The summed E-state index contributed by atoms with van der Waals surface area (Å²) < 4.78 is 14.1. The molecule has 0 bridgehead atoms. The summed E-state index contributed by atoms with van der Waals surface area (Å²) in [6.07, 6.45) is 1.98. The lowest BCUT2D eigenvalue weighted by Gasteiger charge is -2.26. The standard InChI is InChI=1S/C15H25FN2O/c1-3-8-17-12-13-6-5-7-14(16)15(13)18(9-4-2)10-11-19/h5-7,17,19H,3-4,8-12H2,1-2H3. The van der Waals surface area contributed by atoms with Crippen LogP contribution in [0.5, 0.6) is 0 Å². The quantitative estimate of drug-likeness (QED) is 0.676. The molecule has 1 rings (SSSR count). The Morgan fingerprint density at radius 2 is 2.00 bits per heavy atom. The molecule has 0 atom stereocenters. The van der Waals surface area contributed by atoms with Crippen LogP contribution >= 0.6 is 0 Å². The van der Waals surface area contributed by atoms with Crippen molar-refractivity contribution in [2.75, 3.05) is 31.1 Å². The fourth-order valence-corrected chi connectivity index (χ4v) is 2.18. The average molecular weight is 268 g/mol. The van der Waals surface area contributed by atoms with Gasteiger partial charge in [0.15, 0.2) is 0 Å². The van der Waals surface area contributed by atoms with Crippen LogP contribution < -0.4 is 10.2 Å². The second kappa shape index (κ2) is 8.88. The molecule has 0 radical (unpaired) electrons. The number of nitrogens with zero attached hydrogens (tertiary/aromatic N) is 1. The van der Waals surface area contributed by atoms with E-state index in [2.05, 4.69) is 19.2 Å². The molecule has 0 aromatic heterocycles. The molecule has 108 valence electrons. The van der Waals surface area contributed by atoms with Crippen LogP contribution in [0, 0.1) is 5.82 Å². The molecule has 1 aromatic carbocycles. The normalized spacial score (nSPS) is 10.7. The van der Waals surface area contributed by atoms with Crippen molar-refractivity contribution in [1.82, 2.24) is 5.32 Å². The van der Waals surface area contributed by atoms with Gasteiger partial charge in [0.1, 0.15) is 5.82 Å². The van der Waals surface area contributed by atoms with Gasteiger partial charge in [-0.2, -0.15) is 0 Å². The van der Waals surface area contributed by atoms with E-state index in [1.54, 1.807) is 6.07 Å². The van der Waals surface area contributed by atoms with Gasteiger partial charge in [-0.15, -0.1) is 0 Å². The molecule has 2 N–H and O–H groups in total. The second-order valence-electron chi connectivity index (χ2n) is 4.63. The fraction of sp³-hybridized carbons (Fsp3) is 0.600. The Hall–Kier alpha value is -1.13. The number of hydrogen-bond acceptors (Lipinski definition) is 3. The first-order valence-electron chi connectivity index (χ1n) is 7.08. The van der Waals surface area contributed by atoms with E-state index in [1.807, 2.05) is 11.0 Å². The highest BCUT2D eigenvalue weighted by atomic mass is 19.1. The fourth-order valence-electron chi connectivity index (χ4n) is 2.18. The predicted octanol–water partition coefficient (Wildman–Crippen LogP) is 2.53. The van der Waals surface area contributed by atoms with Crippen LogP contribution in [0.2, 0.25) is 0 Å². The summed E-state index contributed by atoms with van der Waals surface area (Å²) in [4.78, 5) is 1.93. The van der Waals surface area contributed by atoms with Crippen LogP contribution in [-0.2, 0) is 6.54 Å². The first kappa shape index (κ1) is 15.9. The van der Waals surface area contributed by atoms with Gasteiger partial charge in [-0.05, 0) is 31.0 Å².